The van der Waals surface area contributed by atoms with E-state index in [9.17, 15) is 0 Å². The van der Waals surface area contributed by atoms with Crippen LogP contribution >= 0.6 is 15.9 Å². The lowest BCUT2D eigenvalue weighted by atomic mass is 10.2. The van der Waals surface area contributed by atoms with Crippen LogP contribution in [0.2, 0.25) is 0 Å². The van der Waals surface area contributed by atoms with Crippen LogP contribution in [0.15, 0.2) is 22.7 Å². The summed E-state index contributed by atoms with van der Waals surface area (Å²) in [5.74, 6) is 7.78. The molecule has 0 saturated carbocycles. The van der Waals surface area contributed by atoms with Gasteiger partial charge in [-0.25, -0.2) is 15.8 Å². The molecule has 0 aliphatic heterocycles. The lowest BCUT2D eigenvalue weighted by molar-refractivity contribution is 0.833. The Morgan fingerprint density at radius 2 is 1.90 bits per heavy atom. The summed E-state index contributed by atoms with van der Waals surface area (Å²) in [7, 11) is 0. The standard InChI is InChI=1S/C15H20BrN5/c1-4-5-13-19-14(10(3)15(20-13)21-17)18-12-8-11(16)7-6-9(12)2/h6-8H,4-5,17H2,1-3H3,(H2,18,19,20,21). The van der Waals surface area contributed by atoms with Crippen LogP contribution in [0.25, 0.3) is 0 Å². The van der Waals surface area contributed by atoms with Gasteiger partial charge in [0.25, 0.3) is 0 Å². The van der Waals surface area contributed by atoms with Gasteiger partial charge in [0.15, 0.2) is 0 Å². The quantitative estimate of drug-likeness (QED) is 0.564. The molecule has 0 atom stereocenters. The van der Waals surface area contributed by atoms with Gasteiger partial charge >= 0.3 is 0 Å². The molecule has 2 rings (SSSR count). The van der Waals surface area contributed by atoms with E-state index in [1.54, 1.807) is 0 Å². The van der Waals surface area contributed by atoms with E-state index in [0.717, 1.165) is 45.8 Å². The molecule has 0 spiro atoms. The number of rotatable bonds is 5. The van der Waals surface area contributed by atoms with E-state index in [0.29, 0.717) is 5.82 Å². The molecule has 21 heavy (non-hydrogen) atoms. The van der Waals surface area contributed by atoms with E-state index in [4.69, 9.17) is 5.84 Å². The Hall–Kier alpha value is -1.66. The van der Waals surface area contributed by atoms with Crippen molar-refractivity contribution in [1.29, 1.82) is 0 Å². The largest absolute Gasteiger partial charge is 0.340 e. The third-order valence-corrected chi connectivity index (χ3v) is 3.75. The highest BCUT2D eigenvalue weighted by atomic mass is 79.9. The summed E-state index contributed by atoms with van der Waals surface area (Å²) in [5.41, 5.74) is 5.70. The van der Waals surface area contributed by atoms with Gasteiger partial charge in [-0.3, -0.25) is 0 Å². The normalized spacial score (nSPS) is 10.5. The summed E-state index contributed by atoms with van der Waals surface area (Å²) < 4.78 is 1.02. The van der Waals surface area contributed by atoms with Crippen molar-refractivity contribution in [2.24, 2.45) is 5.84 Å². The van der Waals surface area contributed by atoms with Crippen LogP contribution in [0.4, 0.5) is 17.3 Å². The molecule has 0 radical (unpaired) electrons. The molecule has 0 aliphatic rings. The van der Waals surface area contributed by atoms with E-state index in [1.807, 2.05) is 19.1 Å². The molecule has 112 valence electrons. The number of halogens is 1. The number of hydrazine groups is 1. The second-order valence-corrected chi connectivity index (χ2v) is 5.86. The van der Waals surface area contributed by atoms with Crippen LogP contribution in [-0.2, 0) is 6.42 Å². The molecule has 0 fully saturated rings. The first-order valence-corrected chi connectivity index (χ1v) is 7.71. The monoisotopic (exact) mass is 349 g/mol. The van der Waals surface area contributed by atoms with Gasteiger partial charge in [-0.15, -0.1) is 0 Å². The SMILES string of the molecule is CCCc1nc(NN)c(C)c(Nc2cc(Br)ccc2C)n1. The third kappa shape index (κ3) is 3.71. The Labute approximate surface area is 133 Å². The van der Waals surface area contributed by atoms with Crippen LogP contribution in [0.5, 0.6) is 0 Å². The molecule has 5 nitrogen and oxygen atoms in total. The fourth-order valence-electron chi connectivity index (χ4n) is 2.02. The molecule has 1 aromatic carbocycles. The zero-order valence-corrected chi connectivity index (χ0v) is 14.1. The number of anilines is 3. The number of aryl methyl sites for hydroxylation is 2. The molecule has 6 heteroatoms. The summed E-state index contributed by atoms with van der Waals surface area (Å²) >= 11 is 3.49. The average Bonchev–Trinajstić information content (AvgIpc) is 2.46. The minimum Gasteiger partial charge on any atom is -0.340 e. The maximum atomic E-state index is 5.56. The highest BCUT2D eigenvalue weighted by molar-refractivity contribution is 9.10. The van der Waals surface area contributed by atoms with Crippen molar-refractivity contribution in [2.45, 2.75) is 33.6 Å². The highest BCUT2D eigenvalue weighted by Gasteiger charge is 2.11. The van der Waals surface area contributed by atoms with Crippen molar-refractivity contribution >= 4 is 33.3 Å². The highest BCUT2D eigenvalue weighted by Crippen LogP contribution is 2.27. The summed E-state index contributed by atoms with van der Waals surface area (Å²) in [4.78, 5) is 9.03. The number of hydrogen-bond donors (Lipinski definition) is 3. The van der Waals surface area contributed by atoms with Gasteiger partial charge in [-0.2, -0.15) is 0 Å². The average molecular weight is 350 g/mol. The maximum Gasteiger partial charge on any atom is 0.148 e. The van der Waals surface area contributed by atoms with Crippen LogP contribution in [0, 0.1) is 13.8 Å². The number of nitrogens with zero attached hydrogens (tertiary/aromatic N) is 2. The van der Waals surface area contributed by atoms with Crippen molar-refractivity contribution in [3.05, 3.63) is 39.6 Å². The fraction of sp³-hybridized carbons (Fsp3) is 0.333. The Bertz CT molecular complexity index is 642. The zero-order chi connectivity index (χ0) is 15.4. The van der Waals surface area contributed by atoms with Crippen molar-refractivity contribution in [3.63, 3.8) is 0 Å². The molecular formula is C15H20BrN5. The maximum absolute atomic E-state index is 5.56. The first-order chi connectivity index (χ1) is 10.0. The molecule has 0 saturated heterocycles. The molecule has 1 heterocycles. The zero-order valence-electron chi connectivity index (χ0n) is 12.5. The summed E-state index contributed by atoms with van der Waals surface area (Å²) in [5, 5.41) is 3.38. The second kappa shape index (κ2) is 6.87. The van der Waals surface area contributed by atoms with Gasteiger partial charge in [-0.05, 0) is 38.0 Å². The number of hydrogen-bond acceptors (Lipinski definition) is 5. The lowest BCUT2D eigenvalue weighted by Gasteiger charge is -2.15. The Balaban J connectivity index is 2.42. The minimum absolute atomic E-state index is 0.656. The number of nitrogen functional groups attached to an aromatic ring is 1. The number of nitrogens with two attached hydrogens (primary N) is 1. The van der Waals surface area contributed by atoms with E-state index in [2.05, 4.69) is 56.6 Å². The Morgan fingerprint density at radius 3 is 2.57 bits per heavy atom. The molecule has 2 aromatic rings. The van der Waals surface area contributed by atoms with Crippen molar-refractivity contribution in [3.8, 4) is 0 Å². The lowest BCUT2D eigenvalue weighted by Crippen LogP contribution is -2.14. The number of benzene rings is 1. The Morgan fingerprint density at radius 1 is 1.19 bits per heavy atom. The minimum atomic E-state index is 0.656. The molecule has 0 aliphatic carbocycles. The first-order valence-electron chi connectivity index (χ1n) is 6.92. The summed E-state index contributed by atoms with van der Waals surface area (Å²) in [6.45, 7) is 6.10. The van der Waals surface area contributed by atoms with E-state index >= 15 is 0 Å². The van der Waals surface area contributed by atoms with E-state index < -0.39 is 0 Å². The summed E-state index contributed by atoms with van der Waals surface area (Å²) in [6, 6.07) is 6.10. The van der Waals surface area contributed by atoms with Gasteiger partial charge in [-0.1, -0.05) is 28.9 Å². The molecule has 1 aromatic heterocycles. The third-order valence-electron chi connectivity index (χ3n) is 3.26. The number of nitrogens with one attached hydrogen (secondary N) is 2. The predicted octanol–water partition coefficient (Wildman–Crippen LogP) is 3.84. The number of aromatic nitrogens is 2. The molecular weight excluding hydrogens is 330 g/mol. The summed E-state index contributed by atoms with van der Waals surface area (Å²) in [6.07, 6.45) is 1.81. The van der Waals surface area contributed by atoms with Crippen molar-refractivity contribution < 1.29 is 0 Å². The molecule has 0 amide bonds. The van der Waals surface area contributed by atoms with Crippen molar-refractivity contribution in [2.75, 3.05) is 10.7 Å². The van der Waals surface area contributed by atoms with Gasteiger partial charge in [0, 0.05) is 22.1 Å². The fourth-order valence-corrected chi connectivity index (χ4v) is 2.38. The molecule has 0 bridgehead atoms. The smallest absolute Gasteiger partial charge is 0.148 e. The van der Waals surface area contributed by atoms with Gasteiger partial charge in [0.05, 0.1) is 0 Å². The topological polar surface area (TPSA) is 75.9 Å². The first kappa shape index (κ1) is 15.7. The second-order valence-electron chi connectivity index (χ2n) is 4.94. The molecule has 0 unspecified atom stereocenters. The van der Waals surface area contributed by atoms with Crippen LogP contribution in [0.1, 0.15) is 30.3 Å². The Kier molecular flexibility index (Phi) is 5.14. The van der Waals surface area contributed by atoms with E-state index in [-0.39, 0.29) is 0 Å². The van der Waals surface area contributed by atoms with Crippen LogP contribution in [0.3, 0.4) is 0 Å². The van der Waals surface area contributed by atoms with Gasteiger partial charge in [0.1, 0.15) is 17.5 Å². The molecule has 4 N–H and O–H groups in total. The van der Waals surface area contributed by atoms with Crippen LogP contribution < -0.4 is 16.6 Å². The van der Waals surface area contributed by atoms with E-state index in [1.165, 1.54) is 0 Å². The predicted molar refractivity (Wildman–Crippen MR) is 90.7 cm³/mol. The van der Waals surface area contributed by atoms with Gasteiger partial charge < -0.3 is 10.7 Å². The van der Waals surface area contributed by atoms with Crippen LogP contribution in [-0.4, -0.2) is 9.97 Å². The van der Waals surface area contributed by atoms with Crippen molar-refractivity contribution in [1.82, 2.24) is 9.97 Å². The van der Waals surface area contributed by atoms with Gasteiger partial charge in [0.2, 0.25) is 0 Å².